The minimum absolute atomic E-state index is 0.257. The molecule has 0 heterocycles. The van der Waals surface area contributed by atoms with Gasteiger partial charge >= 0.3 is 5.97 Å². The first-order valence-corrected chi connectivity index (χ1v) is 9.72. The lowest BCUT2D eigenvalue weighted by atomic mass is 10.1. The van der Waals surface area contributed by atoms with Crippen LogP contribution >= 0.6 is 0 Å². The molecule has 3 atom stereocenters. The number of aliphatic hydroxyl groups excluding tert-OH is 3. The first kappa shape index (κ1) is 26.7. The van der Waals surface area contributed by atoms with Crippen molar-refractivity contribution in [1.29, 1.82) is 0 Å². The maximum Gasteiger partial charge on any atom is 0.317 e. The van der Waals surface area contributed by atoms with E-state index < -0.39 is 43.3 Å². The van der Waals surface area contributed by atoms with Gasteiger partial charge in [0.05, 0.1) is 38.6 Å². The standard InChI is InChI=1S/C18H36N2O8/c1-14(22)12-27-8-4-5-9-28-13-15(23)6-2-3-7-19-18(26)16(11-21)20-10-17(24)25/h14-16,20-23H,2-13H2,1H3,(H,19,26)(H,24,25). The summed E-state index contributed by atoms with van der Waals surface area (Å²) in [5.74, 6) is -1.56. The Kier molecular flexibility index (Phi) is 16.9. The largest absolute Gasteiger partial charge is 0.480 e. The first-order chi connectivity index (χ1) is 13.4. The van der Waals surface area contributed by atoms with Crippen LogP contribution < -0.4 is 10.6 Å². The number of ether oxygens (including phenoxy) is 2. The van der Waals surface area contributed by atoms with Gasteiger partial charge in [0.25, 0.3) is 0 Å². The molecule has 0 aliphatic carbocycles. The fourth-order valence-corrected chi connectivity index (χ4v) is 2.26. The Morgan fingerprint density at radius 2 is 1.64 bits per heavy atom. The smallest absolute Gasteiger partial charge is 0.317 e. The molecule has 0 aromatic rings. The van der Waals surface area contributed by atoms with E-state index in [1.54, 1.807) is 6.92 Å². The van der Waals surface area contributed by atoms with E-state index >= 15 is 0 Å². The van der Waals surface area contributed by atoms with E-state index in [0.717, 1.165) is 12.8 Å². The molecule has 0 spiro atoms. The van der Waals surface area contributed by atoms with Gasteiger partial charge in [0, 0.05) is 19.8 Å². The van der Waals surface area contributed by atoms with Gasteiger partial charge in [0.2, 0.25) is 5.91 Å². The van der Waals surface area contributed by atoms with Crippen molar-refractivity contribution in [2.75, 3.05) is 46.1 Å². The molecule has 0 rings (SSSR count). The Hall–Kier alpha value is -1.30. The number of rotatable bonds is 19. The Bertz CT molecular complexity index is 409. The van der Waals surface area contributed by atoms with Crippen LogP contribution in [0.2, 0.25) is 0 Å². The number of carboxylic acid groups (broad SMARTS) is 1. The van der Waals surface area contributed by atoms with Crippen LogP contribution in [-0.2, 0) is 19.1 Å². The minimum Gasteiger partial charge on any atom is -0.480 e. The quantitative estimate of drug-likeness (QED) is 0.145. The highest BCUT2D eigenvalue weighted by molar-refractivity contribution is 5.82. The second-order valence-corrected chi connectivity index (χ2v) is 6.66. The molecular formula is C18H36N2O8. The molecule has 0 aromatic heterocycles. The molecule has 0 saturated carbocycles. The average Bonchev–Trinajstić information content (AvgIpc) is 2.63. The Labute approximate surface area is 166 Å². The van der Waals surface area contributed by atoms with E-state index in [4.69, 9.17) is 24.8 Å². The van der Waals surface area contributed by atoms with Crippen LogP contribution in [-0.4, -0.2) is 96.7 Å². The third-order valence-electron chi connectivity index (χ3n) is 3.76. The molecule has 1 amide bonds. The zero-order valence-electron chi connectivity index (χ0n) is 16.6. The molecular weight excluding hydrogens is 372 g/mol. The number of nitrogens with one attached hydrogen (secondary N) is 2. The summed E-state index contributed by atoms with van der Waals surface area (Å²) in [5, 5.41) is 41.6. The van der Waals surface area contributed by atoms with Crippen LogP contribution in [0.4, 0.5) is 0 Å². The molecule has 0 bridgehead atoms. The lowest BCUT2D eigenvalue weighted by Gasteiger charge is -2.15. The fraction of sp³-hybridized carbons (Fsp3) is 0.889. The van der Waals surface area contributed by atoms with Gasteiger partial charge in [-0.2, -0.15) is 0 Å². The predicted octanol–water partition coefficient (Wildman–Crippen LogP) is -1.14. The number of carbonyl (C=O) groups excluding carboxylic acids is 1. The predicted molar refractivity (Wildman–Crippen MR) is 102 cm³/mol. The number of unbranched alkanes of at least 4 members (excludes halogenated alkanes) is 2. The Morgan fingerprint density at radius 1 is 1.00 bits per heavy atom. The molecule has 0 fully saturated rings. The van der Waals surface area contributed by atoms with E-state index in [1.807, 2.05) is 0 Å². The van der Waals surface area contributed by atoms with Crippen LogP contribution in [0.25, 0.3) is 0 Å². The van der Waals surface area contributed by atoms with Crippen molar-refractivity contribution in [1.82, 2.24) is 10.6 Å². The van der Waals surface area contributed by atoms with Gasteiger partial charge in [-0.1, -0.05) is 0 Å². The van der Waals surface area contributed by atoms with Crippen molar-refractivity contribution in [3.63, 3.8) is 0 Å². The van der Waals surface area contributed by atoms with Crippen molar-refractivity contribution >= 4 is 11.9 Å². The summed E-state index contributed by atoms with van der Waals surface area (Å²) in [6.07, 6.45) is 2.53. The third-order valence-corrected chi connectivity index (χ3v) is 3.76. The zero-order valence-corrected chi connectivity index (χ0v) is 16.6. The highest BCUT2D eigenvalue weighted by atomic mass is 16.5. The number of hydrogen-bond donors (Lipinski definition) is 6. The number of amides is 1. The lowest BCUT2D eigenvalue weighted by Crippen LogP contribution is -2.48. The number of aliphatic carboxylic acids is 1. The van der Waals surface area contributed by atoms with Crippen LogP contribution in [0.15, 0.2) is 0 Å². The summed E-state index contributed by atoms with van der Waals surface area (Å²) in [5.41, 5.74) is 0. The maximum absolute atomic E-state index is 11.8. The zero-order chi connectivity index (χ0) is 21.2. The summed E-state index contributed by atoms with van der Waals surface area (Å²) in [7, 11) is 0. The molecule has 0 aliphatic rings. The summed E-state index contributed by atoms with van der Waals surface area (Å²) >= 11 is 0. The van der Waals surface area contributed by atoms with Crippen molar-refractivity contribution in [3.8, 4) is 0 Å². The highest BCUT2D eigenvalue weighted by Gasteiger charge is 2.17. The Balaban J connectivity index is 3.54. The highest BCUT2D eigenvalue weighted by Crippen LogP contribution is 2.02. The summed E-state index contributed by atoms with van der Waals surface area (Å²) in [6, 6.07) is -0.951. The monoisotopic (exact) mass is 408 g/mol. The van der Waals surface area contributed by atoms with Gasteiger partial charge < -0.3 is 35.2 Å². The molecule has 6 N–H and O–H groups in total. The number of carboxylic acids is 1. The van der Waals surface area contributed by atoms with Gasteiger partial charge in [-0.3, -0.25) is 14.9 Å². The van der Waals surface area contributed by atoms with Crippen LogP contribution in [0.5, 0.6) is 0 Å². The van der Waals surface area contributed by atoms with E-state index in [9.17, 15) is 14.7 Å². The Morgan fingerprint density at radius 3 is 2.21 bits per heavy atom. The SMILES string of the molecule is CC(O)COCCCCOCC(O)CCCCNC(=O)C(CO)NCC(=O)O. The van der Waals surface area contributed by atoms with Crippen molar-refractivity contribution in [2.24, 2.45) is 0 Å². The van der Waals surface area contributed by atoms with Gasteiger partial charge in [0.15, 0.2) is 0 Å². The van der Waals surface area contributed by atoms with E-state index in [-0.39, 0.29) is 6.61 Å². The molecule has 0 aromatic carbocycles. The summed E-state index contributed by atoms with van der Waals surface area (Å²) < 4.78 is 10.6. The van der Waals surface area contributed by atoms with E-state index in [0.29, 0.717) is 45.6 Å². The molecule has 28 heavy (non-hydrogen) atoms. The lowest BCUT2D eigenvalue weighted by molar-refractivity contribution is -0.136. The van der Waals surface area contributed by atoms with Gasteiger partial charge in [-0.25, -0.2) is 0 Å². The molecule has 0 saturated heterocycles. The topological polar surface area (TPSA) is 158 Å². The van der Waals surface area contributed by atoms with Gasteiger partial charge in [-0.05, 0) is 39.0 Å². The van der Waals surface area contributed by atoms with Crippen LogP contribution in [0.1, 0.15) is 39.0 Å². The number of carbonyl (C=O) groups is 2. The van der Waals surface area contributed by atoms with Crippen LogP contribution in [0, 0.1) is 0 Å². The molecule has 166 valence electrons. The minimum atomic E-state index is -1.10. The normalized spacial score (nSPS) is 14.4. The van der Waals surface area contributed by atoms with E-state index in [1.165, 1.54) is 0 Å². The number of hydrogen-bond acceptors (Lipinski definition) is 8. The molecule has 0 radical (unpaired) electrons. The van der Waals surface area contributed by atoms with Crippen molar-refractivity contribution in [3.05, 3.63) is 0 Å². The maximum atomic E-state index is 11.8. The first-order valence-electron chi connectivity index (χ1n) is 9.72. The van der Waals surface area contributed by atoms with Gasteiger partial charge in [0.1, 0.15) is 6.04 Å². The van der Waals surface area contributed by atoms with Crippen LogP contribution in [0.3, 0.4) is 0 Å². The second-order valence-electron chi connectivity index (χ2n) is 6.66. The second kappa shape index (κ2) is 17.8. The van der Waals surface area contributed by atoms with Crippen molar-refractivity contribution < 1.29 is 39.5 Å². The van der Waals surface area contributed by atoms with E-state index in [2.05, 4.69) is 10.6 Å². The summed E-state index contributed by atoms with van der Waals surface area (Å²) in [6.45, 7) is 2.87. The summed E-state index contributed by atoms with van der Waals surface area (Å²) in [4.78, 5) is 22.2. The van der Waals surface area contributed by atoms with Crippen molar-refractivity contribution in [2.45, 2.75) is 57.3 Å². The molecule has 10 heteroatoms. The van der Waals surface area contributed by atoms with Gasteiger partial charge in [-0.15, -0.1) is 0 Å². The fourth-order valence-electron chi connectivity index (χ4n) is 2.26. The molecule has 10 nitrogen and oxygen atoms in total. The molecule has 3 unspecified atom stereocenters. The average molecular weight is 408 g/mol. The number of aliphatic hydroxyl groups is 3. The molecule has 0 aliphatic heterocycles. The third kappa shape index (κ3) is 16.8.